The number of nitro groups is 1. The summed E-state index contributed by atoms with van der Waals surface area (Å²) in [6, 6.07) is 6.51. The van der Waals surface area contributed by atoms with Gasteiger partial charge in [-0.25, -0.2) is 0 Å². The number of nitro benzene ring substituents is 1. The summed E-state index contributed by atoms with van der Waals surface area (Å²) in [7, 11) is 1.65. The first-order chi connectivity index (χ1) is 7.24. The number of nitrogens with zero attached hydrogens (tertiary/aromatic N) is 1. The van der Waals surface area contributed by atoms with Crippen molar-refractivity contribution in [3.8, 4) is 0 Å². The van der Waals surface area contributed by atoms with Crippen molar-refractivity contribution in [1.82, 2.24) is 5.32 Å². The summed E-state index contributed by atoms with van der Waals surface area (Å²) < 4.78 is 4.88. The molecule has 0 atom stereocenters. The normalized spacial score (nSPS) is 9.56. The van der Waals surface area contributed by atoms with Crippen LogP contribution in [0.15, 0.2) is 24.3 Å². The number of hydrogen-bond acceptors (Lipinski definition) is 4. The fourth-order valence-corrected chi connectivity index (χ4v) is 1.14. The van der Waals surface area contributed by atoms with Crippen molar-refractivity contribution >= 4 is 18.1 Å². The van der Waals surface area contributed by atoms with Crippen LogP contribution in [-0.2, 0) is 11.3 Å². The van der Waals surface area contributed by atoms with E-state index in [-0.39, 0.29) is 18.1 Å². The average Bonchev–Trinajstić information content (AvgIpc) is 2.25. The Morgan fingerprint density at radius 3 is 2.50 bits per heavy atom. The molecule has 0 saturated carbocycles. The Balaban J connectivity index is 0.00000225. The van der Waals surface area contributed by atoms with Crippen LogP contribution in [0.25, 0.3) is 0 Å². The second-order valence-electron chi connectivity index (χ2n) is 3.09. The zero-order chi connectivity index (χ0) is 11.1. The van der Waals surface area contributed by atoms with Gasteiger partial charge in [0, 0.05) is 32.3 Å². The van der Waals surface area contributed by atoms with Gasteiger partial charge in [-0.1, -0.05) is 12.1 Å². The standard InChI is InChI=1S/C10H14N2O3.ClH/c1-15-7-6-11-8-9-2-4-10(5-3-9)12(13)14;/h2-5,11H,6-8H2,1H3;1H. The molecule has 0 spiro atoms. The van der Waals surface area contributed by atoms with Gasteiger partial charge in [0.05, 0.1) is 11.5 Å². The molecule has 1 rings (SSSR count). The molecule has 0 aliphatic carbocycles. The molecule has 0 radical (unpaired) electrons. The van der Waals surface area contributed by atoms with Crippen LogP contribution in [0.2, 0.25) is 0 Å². The van der Waals surface area contributed by atoms with Gasteiger partial charge in [0.15, 0.2) is 0 Å². The molecule has 0 unspecified atom stereocenters. The molecule has 0 amide bonds. The molecule has 90 valence electrons. The van der Waals surface area contributed by atoms with E-state index in [1.165, 1.54) is 12.1 Å². The third-order valence-electron chi connectivity index (χ3n) is 1.96. The zero-order valence-corrected chi connectivity index (χ0v) is 9.83. The third kappa shape index (κ3) is 5.06. The Kier molecular flexibility index (Phi) is 7.45. The minimum Gasteiger partial charge on any atom is -0.383 e. The quantitative estimate of drug-likeness (QED) is 0.472. The molecule has 6 heteroatoms. The average molecular weight is 247 g/mol. The fourth-order valence-electron chi connectivity index (χ4n) is 1.14. The number of benzene rings is 1. The van der Waals surface area contributed by atoms with Gasteiger partial charge >= 0.3 is 0 Å². The molecule has 0 bridgehead atoms. The molecule has 1 aromatic rings. The van der Waals surface area contributed by atoms with E-state index in [9.17, 15) is 10.1 Å². The Morgan fingerprint density at radius 2 is 2.00 bits per heavy atom. The SMILES string of the molecule is COCCNCc1ccc([N+](=O)[O-])cc1.Cl. The smallest absolute Gasteiger partial charge is 0.269 e. The zero-order valence-electron chi connectivity index (χ0n) is 9.01. The highest BCUT2D eigenvalue weighted by atomic mass is 35.5. The molecule has 0 fully saturated rings. The van der Waals surface area contributed by atoms with Crippen LogP contribution in [0.4, 0.5) is 5.69 Å². The Bertz CT molecular complexity index is 316. The summed E-state index contributed by atoms with van der Waals surface area (Å²) in [5.74, 6) is 0. The molecule has 0 aromatic heterocycles. The van der Waals surface area contributed by atoms with E-state index in [1.807, 2.05) is 0 Å². The van der Waals surface area contributed by atoms with E-state index in [1.54, 1.807) is 19.2 Å². The van der Waals surface area contributed by atoms with Crippen molar-refractivity contribution in [2.75, 3.05) is 20.3 Å². The molecular weight excluding hydrogens is 232 g/mol. The van der Waals surface area contributed by atoms with Crippen LogP contribution in [0, 0.1) is 10.1 Å². The highest BCUT2D eigenvalue weighted by molar-refractivity contribution is 5.85. The number of nitrogens with one attached hydrogen (secondary N) is 1. The summed E-state index contributed by atoms with van der Waals surface area (Å²) in [4.78, 5) is 9.98. The van der Waals surface area contributed by atoms with E-state index >= 15 is 0 Å². The van der Waals surface area contributed by atoms with Gasteiger partial charge in [0.25, 0.3) is 5.69 Å². The van der Waals surface area contributed by atoms with Crippen LogP contribution in [0.5, 0.6) is 0 Å². The lowest BCUT2D eigenvalue weighted by Gasteiger charge is -2.03. The first-order valence-corrected chi connectivity index (χ1v) is 4.67. The second-order valence-corrected chi connectivity index (χ2v) is 3.09. The van der Waals surface area contributed by atoms with Crippen LogP contribution in [-0.4, -0.2) is 25.2 Å². The van der Waals surface area contributed by atoms with Crippen LogP contribution in [0.1, 0.15) is 5.56 Å². The molecule has 0 aliphatic heterocycles. The van der Waals surface area contributed by atoms with Crippen molar-refractivity contribution in [3.63, 3.8) is 0 Å². The van der Waals surface area contributed by atoms with Gasteiger partial charge in [-0.05, 0) is 5.56 Å². The Morgan fingerprint density at radius 1 is 1.38 bits per heavy atom. The first kappa shape index (κ1) is 14.8. The second kappa shape index (κ2) is 8.04. The maximum absolute atomic E-state index is 10.4. The van der Waals surface area contributed by atoms with Crippen molar-refractivity contribution in [2.24, 2.45) is 0 Å². The molecule has 5 nitrogen and oxygen atoms in total. The van der Waals surface area contributed by atoms with Crippen molar-refractivity contribution in [1.29, 1.82) is 0 Å². The molecule has 0 heterocycles. The van der Waals surface area contributed by atoms with E-state index in [0.29, 0.717) is 13.2 Å². The van der Waals surface area contributed by atoms with Gasteiger partial charge in [-0.15, -0.1) is 12.4 Å². The first-order valence-electron chi connectivity index (χ1n) is 4.67. The minimum absolute atomic E-state index is 0. The Hall–Kier alpha value is -1.17. The molecular formula is C10H15ClN2O3. The van der Waals surface area contributed by atoms with Crippen molar-refractivity contribution in [3.05, 3.63) is 39.9 Å². The van der Waals surface area contributed by atoms with E-state index < -0.39 is 4.92 Å². The molecule has 0 aliphatic rings. The van der Waals surface area contributed by atoms with E-state index in [0.717, 1.165) is 12.1 Å². The van der Waals surface area contributed by atoms with Gasteiger partial charge in [0.1, 0.15) is 0 Å². The van der Waals surface area contributed by atoms with Gasteiger partial charge in [0.2, 0.25) is 0 Å². The highest BCUT2D eigenvalue weighted by Gasteiger charge is 2.02. The molecule has 1 N–H and O–H groups in total. The summed E-state index contributed by atoms with van der Waals surface area (Å²) in [5.41, 5.74) is 1.15. The fraction of sp³-hybridized carbons (Fsp3) is 0.400. The summed E-state index contributed by atoms with van der Waals surface area (Å²) in [6.07, 6.45) is 0. The summed E-state index contributed by atoms with van der Waals surface area (Å²) in [5, 5.41) is 13.5. The number of hydrogen-bond donors (Lipinski definition) is 1. The monoisotopic (exact) mass is 246 g/mol. The van der Waals surface area contributed by atoms with Crippen LogP contribution >= 0.6 is 12.4 Å². The molecule has 16 heavy (non-hydrogen) atoms. The largest absolute Gasteiger partial charge is 0.383 e. The predicted octanol–water partition coefficient (Wildman–Crippen LogP) is 1.75. The third-order valence-corrected chi connectivity index (χ3v) is 1.96. The van der Waals surface area contributed by atoms with Gasteiger partial charge in [-0.3, -0.25) is 10.1 Å². The lowest BCUT2D eigenvalue weighted by Crippen LogP contribution is -2.18. The number of methoxy groups -OCH3 is 1. The van der Waals surface area contributed by atoms with Crippen LogP contribution in [0.3, 0.4) is 0 Å². The lowest BCUT2D eigenvalue weighted by molar-refractivity contribution is -0.384. The topological polar surface area (TPSA) is 64.4 Å². The van der Waals surface area contributed by atoms with Gasteiger partial charge < -0.3 is 10.1 Å². The van der Waals surface area contributed by atoms with Crippen molar-refractivity contribution < 1.29 is 9.66 Å². The molecule has 0 saturated heterocycles. The van der Waals surface area contributed by atoms with Crippen LogP contribution < -0.4 is 5.32 Å². The van der Waals surface area contributed by atoms with Crippen molar-refractivity contribution in [2.45, 2.75) is 6.54 Å². The predicted molar refractivity (Wildman–Crippen MR) is 63.9 cm³/mol. The number of non-ortho nitro benzene ring substituents is 1. The van der Waals surface area contributed by atoms with E-state index in [2.05, 4.69) is 5.32 Å². The maximum Gasteiger partial charge on any atom is 0.269 e. The Labute approximate surface area is 100 Å². The van der Waals surface area contributed by atoms with Gasteiger partial charge in [-0.2, -0.15) is 0 Å². The summed E-state index contributed by atoms with van der Waals surface area (Å²) >= 11 is 0. The number of rotatable bonds is 6. The molecule has 1 aromatic carbocycles. The highest BCUT2D eigenvalue weighted by Crippen LogP contribution is 2.11. The minimum atomic E-state index is -0.401. The maximum atomic E-state index is 10.4. The summed E-state index contributed by atoms with van der Waals surface area (Å²) in [6.45, 7) is 2.13. The van der Waals surface area contributed by atoms with E-state index in [4.69, 9.17) is 4.74 Å². The lowest BCUT2D eigenvalue weighted by atomic mass is 10.2. The number of ether oxygens (including phenoxy) is 1. The number of halogens is 1.